The zero-order valence-corrected chi connectivity index (χ0v) is 16.2. The van der Waals surface area contributed by atoms with Crippen molar-refractivity contribution < 1.29 is 0 Å². The van der Waals surface area contributed by atoms with Crippen molar-refractivity contribution in [3.8, 4) is 11.1 Å². The Morgan fingerprint density at radius 1 is 0.821 bits per heavy atom. The molecule has 1 aromatic heterocycles. The topological polar surface area (TPSA) is 16.1 Å². The van der Waals surface area contributed by atoms with E-state index in [1.165, 1.54) is 39.0 Å². The Bertz CT molecular complexity index is 1190. The van der Waals surface area contributed by atoms with Gasteiger partial charge in [0.2, 0.25) is 0 Å². The largest absolute Gasteiger partial charge is 0.337 e. The summed E-state index contributed by atoms with van der Waals surface area (Å²) in [6, 6.07) is 25.7. The van der Waals surface area contributed by atoms with Crippen LogP contribution in [0.3, 0.4) is 0 Å². The van der Waals surface area contributed by atoms with Crippen LogP contribution in [-0.4, -0.2) is 11.5 Å². The highest BCUT2D eigenvalue weighted by atomic mass is 15.1. The molecular weight excluding hydrogens is 340 g/mol. The zero-order valence-electron chi connectivity index (χ0n) is 16.2. The molecule has 2 heteroatoms. The van der Waals surface area contributed by atoms with E-state index in [1.807, 2.05) is 0 Å². The number of aromatic nitrogens is 1. The van der Waals surface area contributed by atoms with Crippen LogP contribution in [0.25, 0.3) is 28.1 Å². The van der Waals surface area contributed by atoms with E-state index in [2.05, 4.69) is 104 Å². The van der Waals surface area contributed by atoms with Gasteiger partial charge in [-0.2, -0.15) is 0 Å². The second kappa shape index (κ2) is 6.65. The number of anilines is 2. The predicted octanol–water partition coefficient (Wildman–Crippen LogP) is 6.68. The van der Waals surface area contributed by atoms with Crippen molar-refractivity contribution in [1.82, 2.24) is 4.98 Å². The highest BCUT2D eigenvalue weighted by molar-refractivity contribution is 6.04. The molecule has 5 rings (SSSR count). The Morgan fingerprint density at radius 3 is 2.29 bits per heavy atom. The first kappa shape index (κ1) is 16.8. The molecule has 3 aromatic carbocycles. The van der Waals surface area contributed by atoms with Gasteiger partial charge in [0, 0.05) is 28.9 Å². The summed E-state index contributed by atoms with van der Waals surface area (Å²) in [6.07, 6.45) is 4.46. The number of nitrogens with zero attached hydrogens (tertiary/aromatic N) is 2. The van der Waals surface area contributed by atoms with E-state index in [4.69, 9.17) is 4.98 Å². The first-order chi connectivity index (χ1) is 13.7. The van der Waals surface area contributed by atoms with Gasteiger partial charge in [-0.1, -0.05) is 66.7 Å². The second-order valence-electron chi connectivity index (χ2n) is 7.31. The molecule has 28 heavy (non-hydrogen) atoms. The van der Waals surface area contributed by atoms with Gasteiger partial charge >= 0.3 is 0 Å². The van der Waals surface area contributed by atoms with Crippen LogP contribution in [0.2, 0.25) is 0 Å². The third-order valence-electron chi connectivity index (χ3n) is 5.65. The number of rotatable bonds is 2. The van der Waals surface area contributed by atoms with Crippen molar-refractivity contribution in [2.75, 3.05) is 11.4 Å². The first-order valence-electron chi connectivity index (χ1n) is 9.72. The molecule has 0 saturated heterocycles. The molecule has 0 radical (unpaired) electrons. The number of hydrogen-bond donors (Lipinski definition) is 0. The summed E-state index contributed by atoms with van der Waals surface area (Å²) in [5.74, 6) is 0. The van der Waals surface area contributed by atoms with Gasteiger partial charge < -0.3 is 4.90 Å². The van der Waals surface area contributed by atoms with E-state index in [0.29, 0.717) is 0 Å². The summed E-state index contributed by atoms with van der Waals surface area (Å²) in [6.45, 7) is 5.16. The van der Waals surface area contributed by atoms with Crippen LogP contribution in [0.1, 0.15) is 16.8 Å². The van der Waals surface area contributed by atoms with Gasteiger partial charge in [-0.05, 0) is 48.7 Å². The highest BCUT2D eigenvalue weighted by Gasteiger charge is 2.20. The average molecular weight is 362 g/mol. The molecule has 0 aliphatic carbocycles. The Labute approximate surface area is 165 Å². The Morgan fingerprint density at radius 2 is 1.54 bits per heavy atom. The monoisotopic (exact) mass is 362 g/mol. The molecule has 0 fully saturated rings. The minimum absolute atomic E-state index is 0.874. The lowest BCUT2D eigenvalue weighted by atomic mass is 9.92. The number of para-hydroxylation sites is 1. The van der Waals surface area contributed by atoms with Crippen LogP contribution >= 0.6 is 0 Å². The minimum Gasteiger partial charge on any atom is -0.337 e. The summed E-state index contributed by atoms with van der Waals surface area (Å²) in [5.41, 5.74) is 9.58. The van der Waals surface area contributed by atoms with Crippen LogP contribution in [0.15, 0.2) is 78.9 Å². The van der Waals surface area contributed by atoms with E-state index in [-0.39, 0.29) is 0 Å². The quantitative estimate of drug-likeness (QED) is 0.395. The number of fused-ring (bicyclic) bond motifs is 3. The van der Waals surface area contributed by atoms with Crippen molar-refractivity contribution in [3.05, 3.63) is 95.7 Å². The van der Waals surface area contributed by atoms with E-state index < -0.39 is 0 Å². The van der Waals surface area contributed by atoms with Crippen LogP contribution in [0, 0.1) is 13.8 Å². The maximum absolute atomic E-state index is 5.02. The van der Waals surface area contributed by atoms with Gasteiger partial charge in [-0.25, -0.2) is 0 Å². The maximum Gasteiger partial charge on any atom is 0.0804 e. The van der Waals surface area contributed by atoms with E-state index in [9.17, 15) is 0 Å². The Balaban J connectivity index is 1.79. The molecule has 2 heterocycles. The molecule has 0 N–H and O–H groups in total. The lowest BCUT2D eigenvalue weighted by Gasteiger charge is -2.29. The van der Waals surface area contributed by atoms with Crippen LogP contribution in [-0.2, 0) is 0 Å². The highest BCUT2D eigenvalue weighted by Crippen LogP contribution is 2.40. The van der Waals surface area contributed by atoms with Crippen molar-refractivity contribution in [2.45, 2.75) is 13.8 Å². The van der Waals surface area contributed by atoms with Gasteiger partial charge in [0.15, 0.2) is 0 Å². The van der Waals surface area contributed by atoms with Gasteiger partial charge in [0.25, 0.3) is 0 Å². The molecule has 1 aliphatic heterocycles. The molecule has 136 valence electrons. The summed E-state index contributed by atoms with van der Waals surface area (Å²) in [7, 11) is 0. The summed E-state index contributed by atoms with van der Waals surface area (Å²) >= 11 is 0. The van der Waals surface area contributed by atoms with Gasteiger partial charge in [-0.3, -0.25) is 4.98 Å². The molecule has 0 saturated carbocycles. The van der Waals surface area contributed by atoms with E-state index in [1.54, 1.807) is 0 Å². The first-order valence-corrected chi connectivity index (χ1v) is 9.72. The number of pyridine rings is 1. The average Bonchev–Trinajstić information content (AvgIpc) is 2.75. The standard InChI is InChI=1S/C26H22N2/c1-18-19(2)27-26-22-14-9-17-28(21-12-7-4-8-13-21)24(22)16-15-23(26)25(18)20-10-5-3-6-11-20/h3-16H,17H2,1-2H3. The second-order valence-corrected chi connectivity index (χ2v) is 7.31. The molecule has 1 aliphatic rings. The summed E-state index contributed by atoms with van der Waals surface area (Å²) < 4.78 is 0. The zero-order chi connectivity index (χ0) is 19.1. The molecule has 0 atom stereocenters. The van der Waals surface area contributed by atoms with Crippen LogP contribution in [0.4, 0.5) is 11.4 Å². The number of benzene rings is 3. The molecule has 0 spiro atoms. The molecule has 4 aromatic rings. The van der Waals surface area contributed by atoms with Gasteiger partial charge in [-0.15, -0.1) is 0 Å². The van der Waals surface area contributed by atoms with Crippen LogP contribution in [0.5, 0.6) is 0 Å². The molecule has 0 unspecified atom stereocenters. The summed E-state index contributed by atoms with van der Waals surface area (Å²) in [5, 5.41) is 1.22. The summed E-state index contributed by atoms with van der Waals surface area (Å²) in [4.78, 5) is 7.38. The predicted molar refractivity (Wildman–Crippen MR) is 119 cm³/mol. The van der Waals surface area contributed by atoms with Crippen molar-refractivity contribution in [1.29, 1.82) is 0 Å². The van der Waals surface area contributed by atoms with Crippen molar-refractivity contribution in [2.24, 2.45) is 0 Å². The minimum atomic E-state index is 0.874. The van der Waals surface area contributed by atoms with Crippen molar-refractivity contribution in [3.63, 3.8) is 0 Å². The fourth-order valence-corrected chi connectivity index (χ4v) is 4.16. The van der Waals surface area contributed by atoms with E-state index in [0.717, 1.165) is 17.8 Å². The Kier molecular flexibility index (Phi) is 3.98. The van der Waals surface area contributed by atoms with Crippen molar-refractivity contribution >= 4 is 28.4 Å². The molecule has 0 bridgehead atoms. The molecule has 0 amide bonds. The lowest BCUT2D eigenvalue weighted by molar-refractivity contribution is 1.08. The van der Waals surface area contributed by atoms with Gasteiger partial charge in [0.1, 0.15) is 0 Å². The third-order valence-corrected chi connectivity index (χ3v) is 5.65. The normalized spacial score (nSPS) is 13.0. The lowest BCUT2D eigenvalue weighted by Crippen LogP contribution is -2.20. The van der Waals surface area contributed by atoms with Crippen LogP contribution < -0.4 is 4.90 Å². The van der Waals surface area contributed by atoms with E-state index >= 15 is 0 Å². The maximum atomic E-state index is 5.02. The smallest absolute Gasteiger partial charge is 0.0804 e. The Hall–Kier alpha value is -3.39. The SMILES string of the molecule is Cc1nc2c3c(ccc2c(-c2ccccc2)c1C)N(c1ccccc1)CC=C3. The fraction of sp³-hybridized carbons (Fsp3) is 0.115. The fourth-order valence-electron chi connectivity index (χ4n) is 4.16. The van der Waals surface area contributed by atoms with Gasteiger partial charge in [0.05, 0.1) is 11.2 Å². The molecular formula is C26H22N2. The number of hydrogen-bond acceptors (Lipinski definition) is 2. The molecule has 2 nitrogen and oxygen atoms in total. The number of aryl methyl sites for hydroxylation is 1. The third kappa shape index (κ3) is 2.61.